The number of hydrogen-bond acceptors (Lipinski definition) is 4. The lowest BCUT2D eigenvalue weighted by Gasteiger charge is -2.43. The molecule has 1 fully saturated rings. The molecule has 2 rings (SSSR count). The zero-order chi connectivity index (χ0) is 15.5. The molecule has 1 saturated carbocycles. The summed E-state index contributed by atoms with van der Waals surface area (Å²) < 4.78 is 5.39. The minimum Gasteiger partial charge on any atom is -0.481 e. The van der Waals surface area contributed by atoms with Crippen LogP contribution in [0.5, 0.6) is 0 Å². The molecule has 0 atom stereocenters. The Kier molecular flexibility index (Phi) is 4.67. The van der Waals surface area contributed by atoms with Gasteiger partial charge in [-0.1, -0.05) is 19.3 Å². The monoisotopic (exact) mass is 294 g/mol. The second kappa shape index (κ2) is 6.30. The summed E-state index contributed by atoms with van der Waals surface area (Å²) in [6.45, 7) is 0.233. The van der Waals surface area contributed by atoms with Crippen molar-refractivity contribution in [1.29, 1.82) is 0 Å². The van der Waals surface area contributed by atoms with Gasteiger partial charge in [0.25, 0.3) is 5.91 Å². The molecule has 1 aliphatic carbocycles. The van der Waals surface area contributed by atoms with Gasteiger partial charge in [0, 0.05) is 7.05 Å². The van der Waals surface area contributed by atoms with Crippen molar-refractivity contribution >= 4 is 11.9 Å². The second-order valence-corrected chi connectivity index (χ2v) is 5.69. The normalized spacial score (nSPS) is 17.4. The van der Waals surface area contributed by atoms with Gasteiger partial charge in [0.1, 0.15) is 5.76 Å². The molecule has 6 heteroatoms. The third kappa shape index (κ3) is 3.26. The Bertz CT molecular complexity index is 517. The van der Waals surface area contributed by atoms with Crippen molar-refractivity contribution in [1.82, 2.24) is 4.90 Å². The number of furan rings is 1. The zero-order valence-corrected chi connectivity index (χ0v) is 12.3. The molecular weight excluding hydrogens is 272 g/mol. The van der Waals surface area contributed by atoms with Crippen molar-refractivity contribution in [2.75, 3.05) is 7.05 Å². The van der Waals surface area contributed by atoms with Crippen molar-refractivity contribution < 1.29 is 19.1 Å². The highest BCUT2D eigenvalue weighted by Gasteiger charge is 2.41. The van der Waals surface area contributed by atoms with Gasteiger partial charge in [-0.25, -0.2) is 0 Å². The molecule has 1 aromatic heterocycles. The van der Waals surface area contributed by atoms with Gasteiger partial charge in [-0.15, -0.1) is 0 Å². The number of rotatable bonds is 5. The van der Waals surface area contributed by atoms with Crippen LogP contribution in [0.15, 0.2) is 16.5 Å². The van der Waals surface area contributed by atoms with Crippen molar-refractivity contribution in [2.24, 2.45) is 5.73 Å². The Balaban J connectivity index is 2.22. The first-order valence-corrected chi connectivity index (χ1v) is 7.27. The SMILES string of the molecule is CN(C(=O)c1ccc(CN)o1)C1(CC(=O)O)CCCCC1. The van der Waals surface area contributed by atoms with Crippen LogP contribution in [0, 0.1) is 0 Å². The maximum atomic E-state index is 12.6. The number of nitrogens with zero attached hydrogens (tertiary/aromatic N) is 1. The molecule has 1 heterocycles. The average molecular weight is 294 g/mol. The van der Waals surface area contributed by atoms with Crippen LogP contribution >= 0.6 is 0 Å². The van der Waals surface area contributed by atoms with E-state index >= 15 is 0 Å². The predicted molar refractivity (Wildman–Crippen MR) is 76.8 cm³/mol. The first-order valence-electron chi connectivity index (χ1n) is 7.27. The molecule has 0 radical (unpaired) electrons. The van der Waals surface area contributed by atoms with Crippen LogP contribution in [0.2, 0.25) is 0 Å². The fourth-order valence-corrected chi connectivity index (χ4v) is 3.11. The van der Waals surface area contributed by atoms with E-state index in [1.807, 2.05) is 0 Å². The number of carbonyl (C=O) groups is 2. The third-order valence-electron chi connectivity index (χ3n) is 4.35. The lowest BCUT2D eigenvalue weighted by molar-refractivity contribution is -0.140. The lowest BCUT2D eigenvalue weighted by Crippen LogP contribution is -2.52. The highest BCUT2D eigenvalue weighted by molar-refractivity contribution is 5.92. The molecule has 1 aliphatic rings. The maximum absolute atomic E-state index is 12.6. The van der Waals surface area contributed by atoms with Gasteiger partial charge in [-0.3, -0.25) is 9.59 Å². The Morgan fingerprint density at radius 2 is 2.00 bits per heavy atom. The van der Waals surface area contributed by atoms with E-state index in [-0.39, 0.29) is 24.6 Å². The topological polar surface area (TPSA) is 96.8 Å². The fraction of sp³-hybridized carbons (Fsp3) is 0.600. The van der Waals surface area contributed by atoms with E-state index in [1.165, 1.54) is 0 Å². The van der Waals surface area contributed by atoms with Crippen LogP contribution in [0.1, 0.15) is 54.8 Å². The number of nitrogens with two attached hydrogens (primary N) is 1. The van der Waals surface area contributed by atoms with Gasteiger partial charge in [-0.2, -0.15) is 0 Å². The highest BCUT2D eigenvalue weighted by atomic mass is 16.4. The first kappa shape index (κ1) is 15.6. The summed E-state index contributed by atoms with van der Waals surface area (Å²) in [6, 6.07) is 3.27. The summed E-state index contributed by atoms with van der Waals surface area (Å²) in [6.07, 6.45) is 4.37. The Morgan fingerprint density at radius 3 is 2.52 bits per heavy atom. The molecule has 3 N–H and O–H groups in total. The van der Waals surface area contributed by atoms with Gasteiger partial charge in [0.2, 0.25) is 0 Å². The molecule has 0 spiro atoms. The van der Waals surface area contributed by atoms with Gasteiger partial charge >= 0.3 is 5.97 Å². The number of aliphatic carboxylic acids is 1. The number of hydrogen-bond donors (Lipinski definition) is 2. The first-order chi connectivity index (χ1) is 9.98. The summed E-state index contributed by atoms with van der Waals surface area (Å²) in [7, 11) is 1.67. The molecule has 1 amide bonds. The van der Waals surface area contributed by atoms with Crippen molar-refractivity contribution in [3.63, 3.8) is 0 Å². The average Bonchev–Trinajstić information content (AvgIpc) is 2.95. The summed E-state index contributed by atoms with van der Waals surface area (Å²) in [5, 5.41) is 9.20. The van der Waals surface area contributed by atoms with E-state index in [4.69, 9.17) is 10.2 Å². The smallest absolute Gasteiger partial charge is 0.305 e. The van der Waals surface area contributed by atoms with Gasteiger partial charge in [0.05, 0.1) is 18.5 Å². The Labute approximate surface area is 123 Å². The minimum atomic E-state index is -0.876. The zero-order valence-electron chi connectivity index (χ0n) is 12.3. The maximum Gasteiger partial charge on any atom is 0.305 e. The van der Waals surface area contributed by atoms with Crippen LogP contribution in [0.25, 0.3) is 0 Å². The van der Waals surface area contributed by atoms with Crippen LogP contribution in [-0.2, 0) is 11.3 Å². The molecule has 116 valence electrons. The quantitative estimate of drug-likeness (QED) is 0.865. The van der Waals surface area contributed by atoms with E-state index in [0.717, 1.165) is 19.3 Å². The Hall–Kier alpha value is -1.82. The van der Waals surface area contributed by atoms with Crippen molar-refractivity contribution in [3.05, 3.63) is 23.7 Å². The van der Waals surface area contributed by atoms with Gasteiger partial charge < -0.3 is 20.2 Å². The molecule has 0 unspecified atom stereocenters. The highest BCUT2D eigenvalue weighted by Crippen LogP contribution is 2.36. The second-order valence-electron chi connectivity index (χ2n) is 5.69. The van der Waals surface area contributed by atoms with E-state index in [2.05, 4.69) is 0 Å². The van der Waals surface area contributed by atoms with E-state index < -0.39 is 11.5 Å². The number of carboxylic acid groups (broad SMARTS) is 1. The van der Waals surface area contributed by atoms with Crippen LogP contribution in [0.4, 0.5) is 0 Å². The lowest BCUT2D eigenvalue weighted by atomic mass is 9.78. The van der Waals surface area contributed by atoms with E-state index in [9.17, 15) is 14.7 Å². The standard InChI is InChI=1S/C15H22N2O4/c1-17(14(20)12-6-5-11(10-16)21-12)15(9-13(18)19)7-3-2-4-8-15/h5-6H,2-4,7-10,16H2,1H3,(H,18,19). The van der Waals surface area contributed by atoms with Crippen molar-refractivity contribution in [3.8, 4) is 0 Å². The van der Waals surface area contributed by atoms with Crippen LogP contribution < -0.4 is 5.73 Å². The van der Waals surface area contributed by atoms with Gasteiger partial charge in [-0.05, 0) is 25.0 Å². The molecule has 0 aliphatic heterocycles. The molecule has 21 heavy (non-hydrogen) atoms. The number of amides is 1. The molecule has 0 saturated heterocycles. The van der Waals surface area contributed by atoms with Crippen LogP contribution in [0.3, 0.4) is 0 Å². The molecule has 1 aromatic rings. The van der Waals surface area contributed by atoms with Gasteiger partial charge in [0.15, 0.2) is 5.76 Å². The number of carboxylic acids is 1. The largest absolute Gasteiger partial charge is 0.481 e. The fourth-order valence-electron chi connectivity index (χ4n) is 3.11. The summed E-state index contributed by atoms with van der Waals surface area (Å²) in [5.41, 5.74) is 4.86. The Morgan fingerprint density at radius 1 is 1.33 bits per heavy atom. The third-order valence-corrected chi connectivity index (χ3v) is 4.35. The molecular formula is C15H22N2O4. The summed E-state index contributed by atoms with van der Waals surface area (Å²) in [4.78, 5) is 25.3. The van der Waals surface area contributed by atoms with Crippen molar-refractivity contribution in [2.45, 2.75) is 50.6 Å². The van der Waals surface area contributed by atoms with Crippen LogP contribution in [-0.4, -0.2) is 34.5 Å². The molecule has 0 aromatic carbocycles. The molecule has 0 bridgehead atoms. The number of carbonyl (C=O) groups excluding carboxylic acids is 1. The van der Waals surface area contributed by atoms with E-state index in [1.54, 1.807) is 24.1 Å². The van der Waals surface area contributed by atoms with E-state index in [0.29, 0.717) is 18.6 Å². The summed E-state index contributed by atoms with van der Waals surface area (Å²) in [5.74, 6) is -0.396. The molecule has 6 nitrogen and oxygen atoms in total. The minimum absolute atomic E-state index is 0.0281. The summed E-state index contributed by atoms with van der Waals surface area (Å²) >= 11 is 0. The predicted octanol–water partition coefficient (Wildman–Crippen LogP) is 1.99.